The molecule has 0 N–H and O–H groups in total. The molecule has 14 heavy (non-hydrogen) atoms. The van der Waals surface area contributed by atoms with Crippen LogP contribution in [0.3, 0.4) is 0 Å². The fourth-order valence-corrected chi connectivity index (χ4v) is 1.83. The predicted octanol–water partition coefficient (Wildman–Crippen LogP) is 1.02. The van der Waals surface area contributed by atoms with E-state index in [2.05, 4.69) is 47.5 Å². The zero-order chi connectivity index (χ0) is 10.3. The third kappa shape index (κ3) is 1.54. The van der Waals surface area contributed by atoms with Gasteiger partial charge in [0, 0.05) is 18.5 Å². The Morgan fingerprint density at radius 3 is 2.50 bits per heavy atom. The minimum absolute atomic E-state index is 0.0984. The first kappa shape index (κ1) is 9.65. The molecule has 0 aliphatic carbocycles. The molecule has 0 amide bonds. The lowest BCUT2D eigenvalue weighted by Crippen LogP contribution is -2.33. The molecule has 4 nitrogen and oxygen atoms in total. The van der Waals surface area contributed by atoms with Crippen molar-refractivity contribution in [1.82, 2.24) is 19.7 Å². The average molecular weight is 194 g/mol. The van der Waals surface area contributed by atoms with Gasteiger partial charge in [0.25, 0.3) is 0 Å². The highest BCUT2D eigenvalue weighted by Gasteiger charge is 2.26. The van der Waals surface area contributed by atoms with Gasteiger partial charge in [-0.3, -0.25) is 4.90 Å². The number of fused-ring (bicyclic) bond motifs is 1. The van der Waals surface area contributed by atoms with Gasteiger partial charge in [0.05, 0.1) is 6.54 Å². The second-order valence-electron chi connectivity index (χ2n) is 5.08. The molecule has 4 heteroatoms. The van der Waals surface area contributed by atoms with Crippen molar-refractivity contribution < 1.29 is 0 Å². The Balaban J connectivity index is 2.38. The van der Waals surface area contributed by atoms with Gasteiger partial charge >= 0.3 is 0 Å². The van der Waals surface area contributed by atoms with Crippen molar-refractivity contribution in [3.8, 4) is 0 Å². The van der Waals surface area contributed by atoms with Gasteiger partial charge in [0.2, 0.25) is 0 Å². The van der Waals surface area contributed by atoms with E-state index in [1.165, 1.54) is 0 Å². The molecular weight excluding hydrogens is 176 g/mol. The molecule has 2 rings (SSSR count). The van der Waals surface area contributed by atoms with E-state index in [4.69, 9.17) is 0 Å². The smallest absolute Gasteiger partial charge is 0.147 e. The third-order valence-corrected chi connectivity index (χ3v) is 2.61. The molecule has 1 aliphatic rings. The number of nitrogens with zero attached hydrogens (tertiary/aromatic N) is 4. The molecule has 0 fully saturated rings. The molecular formula is C10H18N4. The van der Waals surface area contributed by atoms with Gasteiger partial charge in [0.1, 0.15) is 11.6 Å². The van der Waals surface area contributed by atoms with E-state index >= 15 is 0 Å². The fraction of sp³-hybridized carbons (Fsp3) is 0.800. The van der Waals surface area contributed by atoms with E-state index in [1.54, 1.807) is 0 Å². The van der Waals surface area contributed by atoms with Gasteiger partial charge in [-0.1, -0.05) is 20.8 Å². The minimum atomic E-state index is 0.0984. The van der Waals surface area contributed by atoms with Gasteiger partial charge in [-0.2, -0.15) is 0 Å². The van der Waals surface area contributed by atoms with Crippen LogP contribution < -0.4 is 0 Å². The van der Waals surface area contributed by atoms with Crippen molar-refractivity contribution in [2.75, 3.05) is 13.6 Å². The fourth-order valence-electron chi connectivity index (χ4n) is 1.83. The first-order valence-electron chi connectivity index (χ1n) is 5.09. The first-order chi connectivity index (χ1) is 6.48. The summed E-state index contributed by atoms with van der Waals surface area (Å²) in [7, 11) is 2.12. The summed E-state index contributed by atoms with van der Waals surface area (Å²) in [5.74, 6) is 2.21. The molecule has 0 saturated heterocycles. The van der Waals surface area contributed by atoms with Crippen molar-refractivity contribution >= 4 is 0 Å². The predicted molar refractivity (Wildman–Crippen MR) is 55.1 cm³/mol. The van der Waals surface area contributed by atoms with Crippen LogP contribution in [0.15, 0.2) is 0 Å². The maximum atomic E-state index is 4.29. The van der Waals surface area contributed by atoms with E-state index in [1.807, 2.05) is 0 Å². The van der Waals surface area contributed by atoms with Gasteiger partial charge in [-0.15, -0.1) is 10.2 Å². The Morgan fingerprint density at radius 1 is 1.14 bits per heavy atom. The Hall–Kier alpha value is -0.900. The van der Waals surface area contributed by atoms with Gasteiger partial charge in [0.15, 0.2) is 0 Å². The average Bonchev–Trinajstić information content (AvgIpc) is 2.45. The maximum absolute atomic E-state index is 4.29. The van der Waals surface area contributed by atoms with Crippen molar-refractivity contribution in [2.24, 2.45) is 0 Å². The summed E-state index contributed by atoms with van der Waals surface area (Å²) in [6.45, 7) is 9.58. The van der Waals surface area contributed by atoms with E-state index in [0.717, 1.165) is 31.3 Å². The van der Waals surface area contributed by atoms with Gasteiger partial charge < -0.3 is 4.57 Å². The highest BCUT2D eigenvalue weighted by Crippen LogP contribution is 2.22. The van der Waals surface area contributed by atoms with Crippen LogP contribution in [0.2, 0.25) is 0 Å². The summed E-state index contributed by atoms with van der Waals surface area (Å²) in [4.78, 5) is 2.27. The normalized spacial score (nSPS) is 18.3. The summed E-state index contributed by atoms with van der Waals surface area (Å²) in [5, 5.41) is 8.53. The first-order valence-corrected chi connectivity index (χ1v) is 5.09. The summed E-state index contributed by atoms with van der Waals surface area (Å²) in [6.07, 6.45) is 0. The summed E-state index contributed by atoms with van der Waals surface area (Å²) >= 11 is 0. The lowest BCUT2D eigenvalue weighted by molar-refractivity contribution is 0.258. The van der Waals surface area contributed by atoms with Crippen LogP contribution in [-0.4, -0.2) is 33.3 Å². The Kier molecular flexibility index (Phi) is 2.10. The maximum Gasteiger partial charge on any atom is 0.147 e. The van der Waals surface area contributed by atoms with Crippen LogP contribution in [0, 0.1) is 0 Å². The molecule has 1 aromatic rings. The molecule has 0 bridgehead atoms. The second kappa shape index (κ2) is 3.05. The number of hydrogen-bond acceptors (Lipinski definition) is 3. The molecule has 0 aromatic carbocycles. The topological polar surface area (TPSA) is 34.0 Å². The van der Waals surface area contributed by atoms with Crippen molar-refractivity contribution in [3.05, 3.63) is 11.6 Å². The SMILES string of the molecule is CN1CCn2c(nnc2C(C)(C)C)C1. The van der Waals surface area contributed by atoms with Crippen LogP contribution >= 0.6 is 0 Å². The molecule has 0 atom stereocenters. The number of rotatable bonds is 0. The van der Waals surface area contributed by atoms with Crippen LogP contribution in [-0.2, 0) is 18.5 Å². The number of aromatic nitrogens is 3. The van der Waals surface area contributed by atoms with Crippen LogP contribution in [0.25, 0.3) is 0 Å². The molecule has 0 saturated carbocycles. The monoisotopic (exact) mass is 194 g/mol. The standard InChI is InChI=1S/C10H18N4/c1-10(2,3)9-12-11-8-7-13(4)5-6-14(8)9/h5-7H2,1-4H3. The largest absolute Gasteiger partial charge is 0.312 e. The Morgan fingerprint density at radius 2 is 1.86 bits per heavy atom. The highest BCUT2D eigenvalue weighted by atomic mass is 15.3. The second-order valence-corrected chi connectivity index (χ2v) is 5.08. The molecule has 1 aromatic heterocycles. The van der Waals surface area contributed by atoms with Crippen molar-refractivity contribution in [2.45, 2.75) is 39.3 Å². The van der Waals surface area contributed by atoms with Gasteiger partial charge in [-0.25, -0.2) is 0 Å². The Bertz CT molecular complexity index is 334. The van der Waals surface area contributed by atoms with E-state index in [-0.39, 0.29) is 5.41 Å². The van der Waals surface area contributed by atoms with Crippen LogP contribution in [0.1, 0.15) is 32.4 Å². The quantitative estimate of drug-likeness (QED) is 0.618. The van der Waals surface area contributed by atoms with E-state index in [9.17, 15) is 0 Å². The molecule has 0 unspecified atom stereocenters. The van der Waals surface area contributed by atoms with Crippen molar-refractivity contribution in [1.29, 1.82) is 0 Å². The lowest BCUT2D eigenvalue weighted by Gasteiger charge is -2.26. The Labute approximate surface area is 84.9 Å². The summed E-state index contributed by atoms with van der Waals surface area (Å²) in [6, 6.07) is 0. The van der Waals surface area contributed by atoms with Gasteiger partial charge in [-0.05, 0) is 7.05 Å². The van der Waals surface area contributed by atoms with Crippen LogP contribution in [0.4, 0.5) is 0 Å². The summed E-state index contributed by atoms with van der Waals surface area (Å²) in [5.41, 5.74) is 0.0984. The third-order valence-electron chi connectivity index (χ3n) is 2.61. The molecule has 0 radical (unpaired) electrons. The molecule has 78 valence electrons. The minimum Gasteiger partial charge on any atom is -0.312 e. The lowest BCUT2D eigenvalue weighted by atomic mass is 9.95. The van der Waals surface area contributed by atoms with Crippen molar-refractivity contribution in [3.63, 3.8) is 0 Å². The van der Waals surface area contributed by atoms with Crippen LogP contribution in [0.5, 0.6) is 0 Å². The molecule has 2 heterocycles. The zero-order valence-corrected chi connectivity index (χ0v) is 9.41. The van der Waals surface area contributed by atoms with E-state index < -0.39 is 0 Å². The zero-order valence-electron chi connectivity index (χ0n) is 9.41. The highest BCUT2D eigenvalue weighted by molar-refractivity contribution is 5.07. The number of hydrogen-bond donors (Lipinski definition) is 0. The van der Waals surface area contributed by atoms with E-state index in [0.29, 0.717) is 0 Å². The molecule has 0 spiro atoms. The summed E-state index contributed by atoms with van der Waals surface area (Å²) < 4.78 is 2.26. The number of likely N-dealkylation sites (N-methyl/N-ethyl adjacent to an activating group) is 1. The molecule has 1 aliphatic heterocycles.